The lowest BCUT2D eigenvalue weighted by molar-refractivity contribution is 0.0696. The Hall–Kier alpha value is -1.16. The molecule has 1 heterocycles. The Kier molecular flexibility index (Phi) is 2.15. The van der Waals surface area contributed by atoms with Crippen LogP contribution < -0.4 is 5.73 Å². The van der Waals surface area contributed by atoms with E-state index < -0.39 is 5.97 Å². The van der Waals surface area contributed by atoms with E-state index in [-0.39, 0.29) is 5.56 Å². The monoisotopic (exact) mass is 209 g/mol. The molecule has 1 aromatic carbocycles. The number of carboxylic acid groups (broad SMARTS) is 1. The molecule has 0 aliphatic carbocycles. The molecule has 1 aromatic rings. The first-order valence-corrected chi connectivity index (χ1v) is 5.28. The molecule has 0 aromatic heterocycles. The maximum Gasteiger partial charge on any atom is 0.335 e. The molecule has 3 nitrogen and oxygen atoms in total. The minimum atomic E-state index is -0.917. The van der Waals surface area contributed by atoms with Crippen LogP contribution in [0.1, 0.15) is 22.8 Å². The normalized spacial score (nSPS) is 19.4. The second-order valence-corrected chi connectivity index (χ2v) is 4.96. The highest BCUT2D eigenvalue weighted by Crippen LogP contribution is 2.40. The lowest BCUT2D eigenvalue weighted by Crippen LogP contribution is -2.01. The number of anilines is 1. The number of thioether (sulfide) groups is 1. The number of fused-ring (bicyclic) bond motifs is 1. The van der Waals surface area contributed by atoms with Gasteiger partial charge in [-0.25, -0.2) is 4.79 Å². The summed E-state index contributed by atoms with van der Waals surface area (Å²) in [4.78, 5) is 11.8. The molecule has 0 fully saturated rings. The maximum absolute atomic E-state index is 10.8. The van der Waals surface area contributed by atoms with Crippen LogP contribution in [0.5, 0.6) is 0 Å². The number of rotatable bonds is 1. The van der Waals surface area contributed by atoms with E-state index >= 15 is 0 Å². The van der Waals surface area contributed by atoms with Crippen LogP contribution in [0.15, 0.2) is 17.0 Å². The maximum atomic E-state index is 10.8. The molecule has 1 unspecified atom stereocenters. The third-order valence-corrected chi connectivity index (χ3v) is 3.50. The summed E-state index contributed by atoms with van der Waals surface area (Å²) in [5, 5.41) is 9.34. The van der Waals surface area contributed by atoms with Crippen molar-refractivity contribution in [3.05, 3.63) is 23.3 Å². The molecule has 1 aliphatic rings. The average Bonchev–Trinajstić information content (AvgIpc) is 2.45. The zero-order valence-electron chi connectivity index (χ0n) is 7.78. The second kappa shape index (κ2) is 3.20. The summed E-state index contributed by atoms with van der Waals surface area (Å²) >= 11 is 1.69. The Bertz CT molecular complexity index is 403. The highest BCUT2D eigenvalue weighted by Gasteiger charge is 2.22. The Morgan fingerprint density at radius 2 is 2.36 bits per heavy atom. The summed E-state index contributed by atoms with van der Waals surface area (Å²) in [6.07, 6.45) is 0.936. The van der Waals surface area contributed by atoms with Gasteiger partial charge in [0.15, 0.2) is 0 Å². The van der Waals surface area contributed by atoms with Crippen molar-refractivity contribution in [1.29, 1.82) is 0 Å². The molecule has 74 valence electrons. The fourth-order valence-corrected chi connectivity index (χ4v) is 2.88. The van der Waals surface area contributed by atoms with Gasteiger partial charge in [0.25, 0.3) is 0 Å². The molecule has 0 amide bonds. The van der Waals surface area contributed by atoms with E-state index in [1.165, 1.54) is 0 Å². The summed E-state index contributed by atoms with van der Waals surface area (Å²) < 4.78 is 0. The zero-order valence-corrected chi connectivity index (χ0v) is 8.60. The molecule has 0 radical (unpaired) electrons. The van der Waals surface area contributed by atoms with Crippen LogP contribution in [0.3, 0.4) is 0 Å². The molecule has 1 aliphatic heterocycles. The minimum absolute atomic E-state index is 0.280. The number of nitrogens with two attached hydrogens (primary N) is 1. The first kappa shape index (κ1) is 9.40. The van der Waals surface area contributed by atoms with Gasteiger partial charge in [0.2, 0.25) is 0 Å². The molecular formula is C10H11NO2S. The average molecular weight is 209 g/mol. The summed E-state index contributed by atoms with van der Waals surface area (Å²) in [6.45, 7) is 2.12. The minimum Gasteiger partial charge on any atom is -0.478 e. The number of carbonyl (C=O) groups is 1. The first-order chi connectivity index (χ1) is 6.58. The van der Waals surface area contributed by atoms with Crippen molar-refractivity contribution in [2.45, 2.75) is 23.5 Å². The summed E-state index contributed by atoms with van der Waals surface area (Å²) in [5.74, 6) is -0.917. The fraction of sp³-hybridized carbons (Fsp3) is 0.300. The van der Waals surface area contributed by atoms with Gasteiger partial charge in [-0.15, -0.1) is 11.8 Å². The number of benzene rings is 1. The molecule has 3 N–H and O–H groups in total. The molecule has 0 bridgehead atoms. The molecule has 0 saturated carbocycles. The molecular weight excluding hydrogens is 198 g/mol. The number of carboxylic acids is 1. The van der Waals surface area contributed by atoms with Gasteiger partial charge in [-0.3, -0.25) is 0 Å². The molecule has 0 spiro atoms. The van der Waals surface area contributed by atoms with Crippen LogP contribution in [0, 0.1) is 0 Å². The number of hydrogen-bond acceptors (Lipinski definition) is 3. The van der Waals surface area contributed by atoms with E-state index in [1.807, 2.05) is 0 Å². The molecule has 14 heavy (non-hydrogen) atoms. The lowest BCUT2D eigenvalue weighted by Gasteiger charge is -2.04. The fourth-order valence-electron chi connectivity index (χ4n) is 1.66. The second-order valence-electron chi connectivity index (χ2n) is 3.48. The van der Waals surface area contributed by atoms with Crippen molar-refractivity contribution in [1.82, 2.24) is 0 Å². The third kappa shape index (κ3) is 1.46. The quantitative estimate of drug-likeness (QED) is 0.694. The molecule has 0 saturated heterocycles. The van der Waals surface area contributed by atoms with E-state index in [4.69, 9.17) is 10.8 Å². The molecule has 2 rings (SSSR count). The van der Waals surface area contributed by atoms with E-state index in [9.17, 15) is 4.79 Å². The van der Waals surface area contributed by atoms with E-state index in [1.54, 1.807) is 23.9 Å². The van der Waals surface area contributed by atoms with Gasteiger partial charge in [-0.1, -0.05) is 6.92 Å². The summed E-state index contributed by atoms with van der Waals surface area (Å²) in [6, 6.07) is 3.25. The van der Waals surface area contributed by atoms with Gasteiger partial charge >= 0.3 is 5.97 Å². The van der Waals surface area contributed by atoms with Crippen LogP contribution >= 0.6 is 11.8 Å². The number of nitrogen functional groups attached to an aromatic ring is 1. The standard InChI is InChI=1S/C10H11NO2S/c1-5-2-7-8(11)3-6(10(12)13)4-9(7)14-5/h3-5H,2,11H2,1H3,(H,12,13). The Morgan fingerprint density at radius 3 is 3.00 bits per heavy atom. The molecule has 1 atom stereocenters. The Labute approximate surface area is 86.3 Å². The lowest BCUT2D eigenvalue weighted by atomic mass is 10.1. The smallest absolute Gasteiger partial charge is 0.335 e. The van der Waals surface area contributed by atoms with Gasteiger partial charge in [0.1, 0.15) is 0 Å². The zero-order chi connectivity index (χ0) is 10.3. The SMILES string of the molecule is CC1Cc2c(N)cc(C(=O)O)cc2S1. The van der Waals surface area contributed by atoms with Crippen LogP contribution in [0.4, 0.5) is 5.69 Å². The number of aromatic carboxylic acids is 1. The van der Waals surface area contributed by atoms with E-state index in [0.717, 1.165) is 16.9 Å². The van der Waals surface area contributed by atoms with Crippen LogP contribution in [0.2, 0.25) is 0 Å². The van der Waals surface area contributed by atoms with Crippen molar-refractivity contribution in [2.75, 3.05) is 5.73 Å². The summed E-state index contributed by atoms with van der Waals surface area (Å²) in [7, 11) is 0. The molecule has 4 heteroatoms. The van der Waals surface area contributed by atoms with Crippen LogP contribution in [0.25, 0.3) is 0 Å². The van der Waals surface area contributed by atoms with Crippen molar-refractivity contribution in [3.63, 3.8) is 0 Å². The highest BCUT2D eigenvalue weighted by molar-refractivity contribution is 8.00. The Morgan fingerprint density at radius 1 is 1.64 bits per heavy atom. The van der Waals surface area contributed by atoms with E-state index in [0.29, 0.717) is 10.9 Å². The van der Waals surface area contributed by atoms with Crippen molar-refractivity contribution in [3.8, 4) is 0 Å². The van der Waals surface area contributed by atoms with E-state index in [2.05, 4.69) is 6.92 Å². The predicted molar refractivity (Wildman–Crippen MR) is 56.8 cm³/mol. The first-order valence-electron chi connectivity index (χ1n) is 4.40. The van der Waals surface area contributed by atoms with Crippen LogP contribution in [-0.4, -0.2) is 16.3 Å². The summed E-state index contributed by atoms with van der Waals surface area (Å²) in [5.41, 5.74) is 7.79. The van der Waals surface area contributed by atoms with Crippen molar-refractivity contribution in [2.24, 2.45) is 0 Å². The van der Waals surface area contributed by atoms with Gasteiger partial charge in [-0.2, -0.15) is 0 Å². The van der Waals surface area contributed by atoms with Crippen molar-refractivity contribution < 1.29 is 9.90 Å². The van der Waals surface area contributed by atoms with Gasteiger partial charge < -0.3 is 10.8 Å². The third-order valence-electron chi connectivity index (χ3n) is 2.31. The predicted octanol–water partition coefficient (Wildman–Crippen LogP) is 2.00. The topological polar surface area (TPSA) is 63.3 Å². The highest BCUT2D eigenvalue weighted by atomic mass is 32.2. The van der Waals surface area contributed by atoms with Gasteiger partial charge in [0, 0.05) is 15.8 Å². The van der Waals surface area contributed by atoms with Crippen LogP contribution in [-0.2, 0) is 6.42 Å². The largest absolute Gasteiger partial charge is 0.478 e. The number of hydrogen-bond donors (Lipinski definition) is 2. The van der Waals surface area contributed by atoms with Gasteiger partial charge in [-0.05, 0) is 24.1 Å². The van der Waals surface area contributed by atoms with Gasteiger partial charge in [0.05, 0.1) is 5.56 Å². The van der Waals surface area contributed by atoms with Crippen molar-refractivity contribution >= 4 is 23.4 Å². The Balaban J connectivity index is 2.51.